The van der Waals surface area contributed by atoms with Crippen molar-refractivity contribution < 1.29 is 37.3 Å². The number of rotatable bonds is 73. The Morgan fingerprint density at radius 3 is 1.03 bits per heavy atom. The van der Waals surface area contributed by atoms with E-state index in [0.29, 0.717) is 17.4 Å². The van der Waals surface area contributed by atoms with E-state index in [1.807, 2.05) is 33.3 Å². The first-order valence-corrected chi connectivity index (χ1v) is 40.8. The minimum absolute atomic E-state index is 0.0188. The van der Waals surface area contributed by atoms with Crippen LogP contribution in [-0.2, 0) is 27.9 Å². The molecule has 3 unspecified atom stereocenters. The Kier molecular flexibility index (Phi) is 67.7. The molecule has 0 heterocycles. The summed E-state index contributed by atoms with van der Waals surface area (Å²) in [6, 6.07) is -0.885. The number of phosphoric ester groups is 1. The number of carbonyl (C=O) groups excluding carboxylic acids is 2. The maximum Gasteiger partial charge on any atom is 0.306 e. The topological polar surface area (TPSA) is 114 Å². The van der Waals surface area contributed by atoms with Gasteiger partial charge in [0.15, 0.2) is 0 Å². The number of likely N-dealkylation sites (N-methyl/N-ethyl adjacent to an activating group) is 1. The van der Waals surface area contributed by atoms with Crippen molar-refractivity contribution in [1.29, 1.82) is 0 Å². The smallest absolute Gasteiger partial charge is 0.306 e. The van der Waals surface area contributed by atoms with Crippen LogP contribution in [0.3, 0.4) is 0 Å². The maximum atomic E-state index is 13.6. The van der Waals surface area contributed by atoms with Crippen LogP contribution in [-0.4, -0.2) is 69.4 Å². The van der Waals surface area contributed by atoms with Crippen molar-refractivity contribution in [2.24, 2.45) is 0 Å². The number of carbonyl (C=O) groups is 2. The molecule has 0 saturated carbocycles. The van der Waals surface area contributed by atoms with Gasteiger partial charge in [-0.2, -0.15) is 0 Å². The Bertz CT molecular complexity index is 1610. The highest BCUT2D eigenvalue weighted by Crippen LogP contribution is 2.38. The number of amides is 1. The standard InChI is InChI=1S/C79H153N2O7P/c1-7-10-13-16-19-22-25-27-29-31-33-35-37-39-40-42-44-46-48-50-52-54-57-60-63-66-69-72-79(83)88-77(70-67-64-61-58-55-24-21-18-15-12-9-3)76(75-87-89(84,85)86-74-73-81(4,5)6)80-78(82)71-68-65-62-59-56-53-51-49-47-45-43-41-38-36-34-32-30-28-26-23-20-17-14-11-8-2/h20,23,28,30,67,70,76-77H,7-19,21-22,24-27,29,31-66,68-69,71-75H2,1-6H3,(H-,80,82,84,85)/b23-20-,30-28-,70-67+. The minimum Gasteiger partial charge on any atom is -0.756 e. The lowest BCUT2D eigenvalue weighted by Crippen LogP contribution is -2.47. The third kappa shape index (κ3) is 70.4. The van der Waals surface area contributed by atoms with E-state index in [9.17, 15) is 19.0 Å². The molecule has 0 aromatic rings. The second-order valence-electron chi connectivity index (χ2n) is 28.2. The normalized spacial score (nSPS) is 13.6. The fourth-order valence-electron chi connectivity index (χ4n) is 12.0. The molecule has 0 spiro atoms. The minimum atomic E-state index is -4.70. The van der Waals surface area contributed by atoms with E-state index in [1.165, 1.54) is 308 Å². The molecule has 0 aromatic heterocycles. The van der Waals surface area contributed by atoms with Crippen LogP contribution in [0.2, 0.25) is 0 Å². The molecule has 0 bridgehead atoms. The highest BCUT2D eigenvalue weighted by Gasteiger charge is 2.27. The predicted molar refractivity (Wildman–Crippen MR) is 386 cm³/mol. The number of nitrogens with one attached hydrogen (secondary N) is 1. The van der Waals surface area contributed by atoms with Crippen LogP contribution in [0.4, 0.5) is 0 Å². The number of hydrogen-bond acceptors (Lipinski definition) is 7. The van der Waals surface area contributed by atoms with Gasteiger partial charge in [0.1, 0.15) is 19.3 Å². The van der Waals surface area contributed by atoms with E-state index >= 15 is 0 Å². The van der Waals surface area contributed by atoms with Gasteiger partial charge in [-0.1, -0.05) is 366 Å². The molecule has 1 amide bonds. The Morgan fingerprint density at radius 2 is 0.685 bits per heavy atom. The Morgan fingerprint density at radius 1 is 0.393 bits per heavy atom. The highest BCUT2D eigenvalue weighted by molar-refractivity contribution is 7.45. The van der Waals surface area contributed by atoms with Gasteiger partial charge < -0.3 is 28.5 Å². The summed E-state index contributed by atoms with van der Waals surface area (Å²) in [6.07, 6.45) is 87.3. The number of hydrogen-bond donors (Lipinski definition) is 1. The van der Waals surface area contributed by atoms with Gasteiger partial charge in [-0.05, 0) is 63.9 Å². The fraction of sp³-hybridized carbons (Fsp3) is 0.899. The molecular formula is C79H153N2O7P. The lowest BCUT2D eigenvalue weighted by Gasteiger charge is -2.30. The van der Waals surface area contributed by atoms with Gasteiger partial charge in [0.05, 0.1) is 33.8 Å². The van der Waals surface area contributed by atoms with Crippen LogP contribution in [0.1, 0.15) is 406 Å². The van der Waals surface area contributed by atoms with Crippen molar-refractivity contribution in [3.63, 3.8) is 0 Å². The molecule has 1 N–H and O–H groups in total. The van der Waals surface area contributed by atoms with Gasteiger partial charge >= 0.3 is 5.97 Å². The first-order valence-electron chi connectivity index (χ1n) is 39.3. The summed E-state index contributed by atoms with van der Waals surface area (Å²) < 4.78 is 30.5. The van der Waals surface area contributed by atoms with Crippen LogP contribution in [0.5, 0.6) is 0 Å². The maximum absolute atomic E-state index is 13.6. The van der Waals surface area contributed by atoms with Crippen LogP contribution >= 0.6 is 7.82 Å². The average molecular weight is 1270 g/mol. The van der Waals surface area contributed by atoms with E-state index in [4.69, 9.17) is 13.8 Å². The fourth-order valence-corrected chi connectivity index (χ4v) is 12.8. The molecule has 0 radical (unpaired) electrons. The summed E-state index contributed by atoms with van der Waals surface area (Å²) in [5, 5.41) is 3.06. The summed E-state index contributed by atoms with van der Waals surface area (Å²) in [5.41, 5.74) is 0. The number of esters is 1. The van der Waals surface area contributed by atoms with Crippen molar-refractivity contribution in [2.45, 2.75) is 418 Å². The van der Waals surface area contributed by atoms with Crippen molar-refractivity contribution in [3.8, 4) is 0 Å². The largest absolute Gasteiger partial charge is 0.756 e. The third-order valence-electron chi connectivity index (χ3n) is 18.1. The predicted octanol–water partition coefficient (Wildman–Crippen LogP) is 24.7. The molecule has 0 rings (SSSR count). The number of nitrogens with zero attached hydrogens (tertiary/aromatic N) is 1. The van der Waals surface area contributed by atoms with Crippen LogP contribution in [0, 0.1) is 0 Å². The van der Waals surface area contributed by atoms with Crippen molar-refractivity contribution in [1.82, 2.24) is 5.32 Å². The Balaban J connectivity index is 4.85. The van der Waals surface area contributed by atoms with E-state index in [0.717, 1.165) is 64.2 Å². The molecule has 0 aliphatic carbocycles. The van der Waals surface area contributed by atoms with Crippen molar-refractivity contribution in [3.05, 3.63) is 36.5 Å². The van der Waals surface area contributed by atoms with E-state index in [1.54, 1.807) is 0 Å². The monoisotopic (exact) mass is 1270 g/mol. The van der Waals surface area contributed by atoms with Gasteiger partial charge in [-0.15, -0.1) is 0 Å². The molecule has 0 aliphatic rings. The Hall–Kier alpha value is -1.77. The molecule has 0 aliphatic heterocycles. The zero-order valence-electron chi connectivity index (χ0n) is 60.4. The summed E-state index contributed by atoms with van der Waals surface area (Å²) in [4.78, 5) is 40.3. The lowest BCUT2D eigenvalue weighted by molar-refractivity contribution is -0.870. The van der Waals surface area contributed by atoms with Crippen LogP contribution < -0.4 is 10.2 Å². The number of allylic oxidation sites excluding steroid dienone is 5. The Labute approximate surface area is 555 Å². The molecule has 0 aromatic carbocycles. The number of quaternary nitrogens is 1. The number of ether oxygens (including phenoxy) is 1. The summed E-state index contributed by atoms with van der Waals surface area (Å²) in [7, 11) is 1.21. The molecule has 89 heavy (non-hydrogen) atoms. The second kappa shape index (κ2) is 69.1. The van der Waals surface area contributed by atoms with Crippen LogP contribution in [0.25, 0.3) is 0 Å². The lowest BCUT2D eigenvalue weighted by atomic mass is 10.0. The second-order valence-corrected chi connectivity index (χ2v) is 29.6. The SMILES string of the molecule is CCCCC/C=C\C/C=C\CCCCCCCCCCCCCCCCCC(=O)NC(COP(=O)([O-])OCC[N+](C)(C)C)C(/C=C/CCCCCCCCCCC)OC(=O)CCCCCCCCCCCCCCCCCCCCCCCCCCCCC. The quantitative estimate of drug-likeness (QED) is 0.0212. The van der Waals surface area contributed by atoms with E-state index < -0.39 is 20.0 Å². The molecular weight excluding hydrogens is 1120 g/mol. The van der Waals surface area contributed by atoms with Gasteiger partial charge in [-0.25, -0.2) is 0 Å². The first-order chi connectivity index (χ1) is 43.4. The molecule has 0 fully saturated rings. The zero-order valence-corrected chi connectivity index (χ0v) is 61.3. The summed E-state index contributed by atoms with van der Waals surface area (Å²) in [5.74, 6) is -0.517. The van der Waals surface area contributed by atoms with E-state index in [-0.39, 0.29) is 31.5 Å². The molecule has 9 nitrogen and oxygen atoms in total. The summed E-state index contributed by atoms with van der Waals surface area (Å²) >= 11 is 0. The molecule has 10 heteroatoms. The van der Waals surface area contributed by atoms with Crippen LogP contribution in [0.15, 0.2) is 36.5 Å². The molecule has 526 valence electrons. The van der Waals surface area contributed by atoms with Crippen molar-refractivity contribution >= 4 is 19.7 Å². The molecule has 0 saturated heterocycles. The highest BCUT2D eigenvalue weighted by atomic mass is 31.2. The number of unbranched alkanes of at least 4 members (excludes halogenated alkanes) is 53. The summed E-state index contributed by atoms with van der Waals surface area (Å²) in [6.45, 7) is 6.89. The number of phosphoric acid groups is 1. The van der Waals surface area contributed by atoms with E-state index in [2.05, 4.69) is 50.4 Å². The first kappa shape index (κ1) is 87.2. The zero-order chi connectivity index (χ0) is 64.9. The molecule has 3 atom stereocenters. The van der Waals surface area contributed by atoms with Gasteiger partial charge in [-0.3, -0.25) is 14.2 Å². The van der Waals surface area contributed by atoms with Gasteiger partial charge in [0.25, 0.3) is 7.82 Å². The third-order valence-corrected chi connectivity index (χ3v) is 19.0. The average Bonchev–Trinajstić information content (AvgIpc) is 3.62. The van der Waals surface area contributed by atoms with Gasteiger partial charge in [0, 0.05) is 12.8 Å². The van der Waals surface area contributed by atoms with Crippen molar-refractivity contribution in [2.75, 3.05) is 40.9 Å². The van der Waals surface area contributed by atoms with Gasteiger partial charge in [0.2, 0.25) is 5.91 Å².